The Labute approximate surface area is 749 Å². The zero-order valence-corrected chi connectivity index (χ0v) is 84.0. The van der Waals surface area contributed by atoms with E-state index in [0.717, 1.165) is 22.4 Å². The number of pyridine rings is 5. The first-order chi connectivity index (χ1) is 58.9. The summed E-state index contributed by atoms with van der Waals surface area (Å²) < 4.78 is 25.5. The summed E-state index contributed by atoms with van der Waals surface area (Å²) in [7, 11) is 5.34. The summed E-state index contributed by atoms with van der Waals surface area (Å²) in [6.45, 7) is 54.7. The maximum Gasteiger partial charge on any atom is 0.220 e. The van der Waals surface area contributed by atoms with Gasteiger partial charge in [-0.2, -0.15) is 0 Å². The Hall–Kier alpha value is -11.3. The lowest BCUT2D eigenvalue weighted by Gasteiger charge is -2.22. The molecule has 17 aromatic rings. The Kier molecular flexibility index (Phi) is 25.2. The quantitative estimate of drug-likeness (QED) is 0.101. The first kappa shape index (κ1) is 90.0. The molecule has 5 aromatic heterocycles. The average molecular weight is 1710 g/mol. The molecule has 0 radical (unpaired) electrons. The SMILES string of the molecule is Cc1cc(-c2c3ccc([Si](C)(C)C)cc3cc[n+]2C)c(C)c(C)c1F.Cc1cc(C)c(C)c(-c2c3ccc([Si](C)(C)C)cc3cc[n+]2C)c1.Cc1cc2c(cc1-c1c3ccc([Si](C)(C)C)cc3cc[n+]1C)C(C)(C)c1ccccc1-2.Cc1cc2ccccc2cc1-c1c2ccc([Si](C)(C)C)cc2cc[n+]1C.Cc1ccc2c(-c3ccccc3C)[n+](C)ccc2c1. The van der Waals surface area contributed by atoms with E-state index < -0.39 is 32.3 Å². The van der Waals surface area contributed by atoms with Crippen LogP contribution in [0.4, 0.5) is 4.39 Å². The highest BCUT2D eigenvalue weighted by atomic mass is 28.3. The molecule has 634 valence electrons. The van der Waals surface area contributed by atoms with Crippen molar-refractivity contribution in [3.8, 4) is 67.4 Å². The van der Waals surface area contributed by atoms with Gasteiger partial charge in [-0.15, -0.1) is 0 Å². The van der Waals surface area contributed by atoms with Gasteiger partial charge in [0, 0.05) is 41.3 Å². The van der Waals surface area contributed by atoms with Gasteiger partial charge in [0.2, 0.25) is 28.5 Å². The second kappa shape index (κ2) is 34.9. The van der Waals surface area contributed by atoms with E-state index in [1.165, 1.54) is 192 Å². The minimum atomic E-state index is -1.35. The van der Waals surface area contributed by atoms with Crippen molar-refractivity contribution < 1.29 is 27.2 Å². The number of aryl methyl sites for hydroxylation is 12. The van der Waals surface area contributed by atoms with Crippen LogP contribution in [0.3, 0.4) is 0 Å². The van der Waals surface area contributed by atoms with Gasteiger partial charge in [0.05, 0.1) is 81.5 Å². The minimum absolute atomic E-state index is 0.0164. The molecule has 0 atom stereocenters. The van der Waals surface area contributed by atoms with E-state index >= 15 is 0 Å². The van der Waals surface area contributed by atoms with Gasteiger partial charge in [-0.1, -0.05) is 270 Å². The molecule has 0 bridgehead atoms. The zero-order valence-electron chi connectivity index (χ0n) is 80.0. The number of rotatable bonds is 9. The van der Waals surface area contributed by atoms with Crippen molar-refractivity contribution in [1.82, 2.24) is 0 Å². The van der Waals surface area contributed by atoms with Gasteiger partial charge in [-0.25, -0.2) is 27.2 Å². The molecule has 1 aliphatic carbocycles. The summed E-state index contributed by atoms with van der Waals surface area (Å²) in [4.78, 5) is 0. The predicted octanol–water partition coefficient (Wildman–Crippen LogP) is 25.5. The molecule has 0 aliphatic heterocycles. The van der Waals surface area contributed by atoms with Crippen LogP contribution in [0.15, 0.2) is 268 Å². The lowest BCUT2D eigenvalue weighted by molar-refractivity contribution is -0.659. The molecule has 5 nitrogen and oxygen atoms in total. The largest absolute Gasteiger partial charge is 0.220 e. The lowest BCUT2D eigenvalue weighted by Crippen LogP contribution is -2.37. The maximum absolute atomic E-state index is 14.3. The second-order valence-corrected chi connectivity index (χ2v) is 60.8. The van der Waals surface area contributed by atoms with Crippen LogP contribution in [0, 0.1) is 75.1 Å². The van der Waals surface area contributed by atoms with Crippen LogP contribution in [0.5, 0.6) is 0 Å². The second-order valence-electron chi connectivity index (χ2n) is 40.4. The Morgan fingerprint density at radius 3 is 1.01 bits per heavy atom. The molecule has 0 N–H and O–H groups in total. The van der Waals surface area contributed by atoms with Gasteiger partial charge >= 0.3 is 0 Å². The molecule has 0 unspecified atom stereocenters. The van der Waals surface area contributed by atoms with Crippen molar-refractivity contribution in [1.29, 1.82) is 0 Å². The molecule has 0 spiro atoms. The van der Waals surface area contributed by atoms with Crippen LogP contribution < -0.4 is 43.6 Å². The van der Waals surface area contributed by atoms with Crippen molar-refractivity contribution in [3.63, 3.8) is 0 Å². The van der Waals surface area contributed by atoms with E-state index in [2.05, 4.69) is 460 Å². The molecule has 12 aromatic carbocycles. The summed E-state index contributed by atoms with van der Waals surface area (Å²) in [5, 5.41) is 21.7. The molecule has 0 saturated carbocycles. The number of nitrogens with zero attached hydrogens (tertiary/aromatic N) is 5. The van der Waals surface area contributed by atoms with E-state index in [1.807, 2.05) is 26.8 Å². The fourth-order valence-electron chi connectivity index (χ4n) is 18.7. The van der Waals surface area contributed by atoms with Gasteiger partial charge in [-0.3, -0.25) is 0 Å². The van der Waals surface area contributed by atoms with Crippen LogP contribution in [-0.2, 0) is 40.7 Å². The number of fused-ring (bicyclic) bond motifs is 9. The monoisotopic (exact) mass is 1710 g/mol. The zero-order chi connectivity index (χ0) is 90.2. The average Bonchev–Trinajstić information content (AvgIpc) is 1.59. The van der Waals surface area contributed by atoms with Crippen LogP contribution in [0.25, 0.3) is 132 Å². The molecule has 125 heavy (non-hydrogen) atoms. The van der Waals surface area contributed by atoms with E-state index in [-0.39, 0.29) is 11.2 Å². The number of benzene rings is 12. The highest BCUT2D eigenvalue weighted by Crippen LogP contribution is 2.51. The minimum Gasteiger partial charge on any atom is -0.206 e. The van der Waals surface area contributed by atoms with Gasteiger partial charge in [0.1, 0.15) is 41.1 Å². The Morgan fingerprint density at radius 1 is 0.232 bits per heavy atom. The topological polar surface area (TPSA) is 19.4 Å². The lowest BCUT2D eigenvalue weighted by atomic mass is 9.81. The van der Waals surface area contributed by atoms with Gasteiger partial charge in [-0.05, 0) is 234 Å². The molecular weight excluding hydrogens is 1580 g/mol. The first-order valence-corrected chi connectivity index (χ1v) is 58.7. The van der Waals surface area contributed by atoms with Crippen LogP contribution >= 0.6 is 0 Å². The van der Waals surface area contributed by atoms with E-state index in [4.69, 9.17) is 0 Å². The molecular formula is C115H131FN5Si4+5. The molecule has 18 rings (SSSR count). The summed E-state index contributed by atoms with van der Waals surface area (Å²) in [5.41, 5.74) is 30.3. The number of hydrogen-bond acceptors (Lipinski definition) is 0. The standard InChI is InChI=1S/C29H32NSi.C24H26NSi.C22H27FNSi.C22H28NSi.C18H18N/c1-19-16-25-23-10-8-9-11-26(23)29(2,3)27(25)18-24(19)28-22-13-12-21(31(5,6)7)17-20(22)14-15-30(28)4;1-17-14-18-8-6-7-9-19(18)16-23(17)24-22-11-10-21(26(3,4)5)15-20(22)12-13-25(24)2;1-14-12-20(15(2)16(3)21(14)23)22-19-9-8-18(25(5,6)7)13-17(19)10-11-24(22)4;1-15-12-16(2)17(3)21(13-15)22-20-9-8-19(24(5,6)7)14-18(20)10-11-23(22)4;1-13-8-9-17-15(12-13)10-11-19(3)18(17)16-7-5-4-6-14(16)2/h8-18H,1-7H3;6-16H,1-5H3;8-13H,1-7H3;8-14H,1-7H3;4-12H,1-3H3/q5*+1. The third-order valence-corrected chi connectivity index (χ3v) is 34.7. The molecule has 0 fully saturated rings. The van der Waals surface area contributed by atoms with Gasteiger partial charge in [0.25, 0.3) is 0 Å². The number of hydrogen-bond donors (Lipinski definition) is 0. The van der Waals surface area contributed by atoms with Crippen molar-refractivity contribution in [2.45, 2.75) is 167 Å². The predicted molar refractivity (Wildman–Crippen MR) is 547 cm³/mol. The van der Waals surface area contributed by atoms with Gasteiger partial charge in [0.15, 0.2) is 31.0 Å². The fourth-order valence-corrected chi connectivity index (χ4v) is 23.4. The number of aromatic nitrogens is 5. The fraction of sp³-hybridized carbons (Fsp3) is 0.261. The smallest absolute Gasteiger partial charge is 0.206 e. The molecule has 1 aliphatic rings. The van der Waals surface area contributed by atoms with E-state index in [1.54, 1.807) is 0 Å². The number of halogens is 1. The van der Waals surface area contributed by atoms with E-state index in [9.17, 15) is 4.39 Å². The highest BCUT2D eigenvalue weighted by Gasteiger charge is 2.37. The summed E-state index contributed by atoms with van der Waals surface area (Å²) >= 11 is 0. The van der Waals surface area contributed by atoms with Crippen molar-refractivity contribution >= 4 is 118 Å². The van der Waals surface area contributed by atoms with Crippen molar-refractivity contribution in [2.24, 2.45) is 35.2 Å². The van der Waals surface area contributed by atoms with Crippen molar-refractivity contribution in [3.05, 3.63) is 340 Å². The Bertz CT molecular complexity index is 7120. The highest BCUT2D eigenvalue weighted by molar-refractivity contribution is 6.90. The molecule has 5 heterocycles. The van der Waals surface area contributed by atoms with E-state index in [0.29, 0.717) is 5.56 Å². The Balaban J connectivity index is 0.000000128. The van der Waals surface area contributed by atoms with Gasteiger partial charge < -0.3 is 0 Å². The molecule has 0 amide bonds. The van der Waals surface area contributed by atoms with Crippen LogP contribution in [0.2, 0.25) is 78.6 Å². The first-order valence-electron chi connectivity index (χ1n) is 44.7. The normalized spacial score (nSPS) is 12.5. The molecule has 0 saturated heterocycles. The third-order valence-electron chi connectivity index (χ3n) is 26.6. The summed E-state index contributed by atoms with van der Waals surface area (Å²) in [5.74, 6) is -0.0924. The summed E-state index contributed by atoms with van der Waals surface area (Å²) in [6, 6.07) is 88.1. The van der Waals surface area contributed by atoms with Crippen molar-refractivity contribution in [2.75, 3.05) is 0 Å². The Morgan fingerprint density at radius 2 is 0.576 bits per heavy atom. The summed E-state index contributed by atoms with van der Waals surface area (Å²) in [6.07, 6.45) is 10.9. The van der Waals surface area contributed by atoms with Crippen LogP contribution in [0.1, 0.15) is 80.6 Å². The maximum atomic E-state index is 14.3. The van der Waals surface area contributed by atoms with Crippen LogP contribution in [-0.4, -0.2) is 32.3 Å². The third kappa shape index (κ3) is 18.2. The molecule has 10 heteroatoms.